The molecule has 1 aliphatic rings. The standard InChI is InChI=1S/C17H25N5O2/c1-4-24-14(23)9-11(2)19-16-13-10-18-22(3)17(13)21-15(20-16)12-7-5-6-8-12/h10-12H,4-9H2,1-3H3,(H,19,20,21). The van der Waals surface area contributed by atoms with Crippen LogP contribution >= 0.6 is 0 Å². The van der Waals surface area contributed by atoms with Crippen LogP contribution in [0.3, 0.4) is 0 Å². The third-order valence-electron chi connectivity index (χ3n) is 4.49. The zero-order chi connectivity index (χ0) is 17.1. The Morgan fingerprint density at radius 1 is 1.42 bits per heavy atom. The zero-order valence-electron chi connectivity index (χ0n) is 14.6. The Morgan fingerprint density at radius 2 is 2.17 bits per heavy atom. The van der Waals surface area contributed by atoms with Crippen molar-refractivity contribution in [2.45, 2.75) is 57.9 Å². The maximum absolute atomic E-state index is 11.7. The molecule has 130 valence electrons. The summed E-state index contributed by atoms with van der Waals surface area (Å²) in [6, 6.07) is -0.0706. The number of carbonyl (C=O) groups excluding carboxylic acids is 1. The van der Waals surface area contributed by atoms with Gasteiger partial charge in [-0.2, -0.15) is 5.10 Å². The molecule has 2 aromatic rings. The van der Waals surface area contributed by atoms with Crippen molar-refractivity contribution in [1.82, 2.24) is 19.7 Å². The number of anilines is 1. The number of ether oxygens (including phenoxy) is 1. The molecule has 0 aliphatic heterocycles. The van der Waals surface area contributed by atoms with E-state index in [4.69, 9.17) is 14.7 Å². The molecule has 7 nitrogen and oxygen atoms in total. The third-order valence-corrected chi connectivity index (χ3v) is 4.49. The first-order valence-corrected chi connectivity index (χ1v) is 8.70. The number of hydrogen-bond acceptors (Lipinski definition) is 6. The van der Waals surface area contributed by atoms with Crippen LogP contribution in [0, 0.1) is 0 Å². The summed E-state index contributed by atoms with van der Waals surface area (Å²) in [5, 5.41) is 8.53. The lowest BCUT2D eigenvalue weighted by atomic mass is 10.1. The molecule has 1 N–H and O–H groups in total. The first kappa shape index (κ1) is 16.7. The molecular weight excluding hydrogens is 306 g/mol. The van der Waals surface area contributed by atoms with E-state index in [0.29, 0.717) is 18.9 Å². The van der Waals surface area contributed by atoms with Crippen molar-refractivity contribution in [1.29, 1.82) is 0 Å². The van der Waals surface area contributed by atoms with Crippen molar-refractivity contribution in [3.63, 3.8) is 0 Å². The molecule has 2 aromatic heterocycles. The molecule has 0 aromatic carbocycles. The summed E-state index contributed by atoms with van der Waals surface area (Å²) in [6.07, 6.45) is 6.83. The van der Waals surface area contributed by atoms with E-state index in [1.807, 2.05) is 20.9 Å². The highest BCUT2D eigenvalue weighted by atomic mass is 16.5. The third kappa shape index (κ3) is 3.49. The van der Waals surface area contributed by atoms with Crippen LogP contribution in [-0.4, -0.2) is 38.4 Å². The number of aromatic nitrogens is 4. The van der Waals surface area contributed by atoms with Gasteiger partial charge in [0.15, 0.2) is 5.65 Å². The van der Waals surface area contributed by atoms with Crippen LogP contribution in [0.15, 0.2) is 6.20 Å². The summed E-state index contributed by atoms with van der Waals surface area (Å²) >= 11 is 0. The molecule has 0 bridgehead atoms. The van der Waals surface area contributed by atoms with Crippen molar-refractivity contribution in [3.8, 4) is 0 Å². The molecule has 1 unspecified atom stereocenters. The van der Waals surface area contributed by atoms with Gasteiger partial charge in [0.05, 0.1) is 24.6 Å². The number of fused-ring (bicyclic) bond motifs is 1. The van der Waals surface area contributed by atoms with Gasteiger partial charge in [-0.1, -0.05) is 12.8 Å². The van der Waals surface area contributed by atoms with E-state index in [1.54, 1.807) is 10.9 Å². The van der Waals surface area contributed by atoms with E-state index in [2.05, 4.69) is 10.4 Å². The van der Waals surface area contributed by atoms with Gasteiger partial charge >= 0.3 is 5.97 Å². The van der Waals surface area contributed by atoms with Gasteiger partial charge in [0.2, 0.25) is 0 Å². The molecule has 0 saturated heterocycles. The number of nitrogens with one attached hydrogen (secondary N) is 1. The quantitative estimate of drug-likeness (QED) is 0.820. The van der Waals surface area contributed by atoms with Crippen LogP contribution in [0.1, 0.15) is 57.7 Å². The maximum atomic E-state index is 11.7. The Balaban J connectivity index is 1.86. The Kier molecular flexibility index (Phi) is 4.97. The molecule has 0 spiro atoms. The molecule has 2 heterocycles. The van der Waals surface area contributed by atoms with Crippen molar-refractivity contribution >= 4 is 22.8 Å². The molecule has 1 aliphatic carbocycles. The number of aryl methyl sites for hydroxylation is 1. The van der Waals surface area contributed by atoms with Crippen LogP contribution in [0.25, 0.3) is 11.0 Å². The average molecular weight is 331 g/mol. The SMILES string of the molecule is CCOC(=O)CC(C)Nc1nc(C2CCCC2)nc2c1cnn2C. The highest BCUT2D eigenvalue weighted by Crippen LogP contribution is 2.34. The minimum Gasteiger partial charge on any atom is -0.466 e. The average Bonchev–Trinajstić information content (AvgIpc) is 3.18. The normalized spacial score (nSPS) is 16.5. The van der Waals surface area contributed by atoms with Gasteiger partial charge in [-0.3, -0.25) is 9.48 Å². The summed E-state index contributed by atoms with van der Waals surface area (Å²) in [4.78, 5) is 21.2. The Hall–Kier alpha value is -2.18. The predicted octanol–water partition coefficient (Wildman–Crippen LogP) is 2.77. The fourth-order valence-electron chi connectivity index (χ4n) is 3.27. The van der Waals surface area contributed by atoms with Crippen molar-refractivity contribution in [2.24, 2.45) is 7.05 Å². The first-order chi connectivity index (χ1) is 11.6. The first-order valence-electron chi connectivity index (χ1n) is 8.70. The van der Waals surface area contributed by atoms with E-state index >= 15 is 0 Å². The summed E-state index contributed by atoms with van der Waals surface area (Å²) in [7, 11) is 1.89. The van der Waals surface area contributed by atoms with Crippen LogP contribution in [0.4, 0.5) is 5.82 Å². The number of nitrogens with zero attached hydrogens (tertiary/aromatic N) is 4. The van der Waals surface area contributed by atoms with E-state index in [1.165, 1.54) is 12.8 Å². The highest BCUT2D eigenvalue weighted by Gasteiger charge is 2.23. The molecule has 0 amide bonds. The molecule has 24 heavy (non-hydrogen) atoms. The lowest BCUT2D eigenvalue weighted by Crippen LogP contribution is -2.22. The minimum absolute atomic E-state index is 0.0706. The summed E-state index contributed by atoms with van der Waals surface area (Å²) in [5.74, 6) is 1.86. The molecule has 1 fully saturated rings. The Bertz CT molecular complexity index is 721. The maximum Gasteiger partial charge on any atom is 0.307 e. The van der Waals surface area contributed by atoms with Crippen molar-refractivity contribution in [2.75, 3.05) is 11.9 Å². The van der Waals surface area contributed by atoms with Gasteiger partial charge < -0.3 is 10.1 Å². The molecule has 0 radical (unpaired) electrons. The molecule has 1 atom stereocenters. The molecule has 1 saturated carbocycles. The molecule has 7 heteroatoms. The van der Waals surface area contributed by atoms with E-state index in [9.17, 15) is 4.79 Å². The summed E-state index contributed by atoms with van der Waals surface area (Å²) in [5.41, 5.74) is 0.831. The fraction of sp³-hybridized carbons (Fsp3) is 0.647. The number of rotatable bonds is 6. The molecule has 3 rings (SSSR count). The monoisotopic (exact) mass is 331 g/mol. The van der Waals surface area contributed by atoms with Crippen LogP contribution in [0.5, 0.6) is 0 Å². The minimum atomic E-state index is -0.204. The zero-order valence-corrected chi connectivity index (χ0v) is 14.6. The second-order valence-electron chi connectivity index (χ2n) is 6.47. The molecular formula is C17H25N5O2. The van der Waals surface area contributed by atoms with Crippen molar-refractivity contribution in [3.05, 3.63) is 12.0 Å². The highest BCUT2D eigenvalue weighted by molar-refractivity contribution is 5.86. The van der Waals surface area contributed by atoms with Crippen LogP contribution in [0.2, 0.25) is 0 Å². The Labute approximate surface area is 141 Å². The van der Waals surface area contributed by atoms with Gasteiger partial charge in [-0.05, 0) is 26.7 Å². The van der Waals surface area contributed by atoms with Crippen molar-refractivity contribution < 1.29 is 9.53 Å². The second kappa shape index (κ2) is 7.15. The lowest BCUT2D eigenvalue weighted by Gasteiger charge is -2.16. The van der Waals surface area contributed by atoms with Gasteiger partial charge in [-0.25, -0.2) is 9.97 Å². The predicted molar refractivity (Wildman–Crippen MR) is 91.8 cm³/mol. The van der Waals surface area contributed by atoms with Crippen LogP contribution < -0.4 is 5.32 Å². The van der Waals surface area contributed by atoms with E-state index in [-0.39, 0.29) is 12.0 Å². The number of hydrogen-bond donors (Lipinski definition) is 1. The van der Waals surface area contributed by atoms with Gasteiger partial charge in [0.1, 0.15) is 11.6 Å². The van der Waals surface area contributed by atoms with E-state index in [0.717, 1.165) is 35.5 Å². The topological polar surface area (TPSA) is 81.9 Å². The van der Waals surface area contributed by atoms with Crippen LogP contribution in [-0.2, 0) is 16.6 Å². The number of carbonyl (C=O) groups is 1. The smallest absolute Gasteiger partial charge is 0.307 e. The largest absolute Gasteiger partial charge is 0.466 e. The van der Waals surface area contributed by atoms with Gasteiger partial charge in [-0.15, -0.1) is 0 Å². The van der Waals surface area contributed by atoms with Gasteiger partial charge in [0, 0.05) is 19.0 Å². The summed E-state index contributed by atoms with van der Waals surface area (Å²) < 4.78 is 6.79. The van der Waals surface area contributed by atoms with Gasteiger partial charge in [0.25, 0.3) is 0 Å². The lowest BCUT2D eigenvalue weighted by molar-refractivity contribution is -0.143. The Morgan fingerprint density at radius 3 is 2.88 bits per heavy atom. The second-order valence-corrected chi connectivity index (χ2v) is 6.47. The number of esters is 1. The summed E-state index contributed by atoms with van der Waals surface area (Å²) in [6.45, 7) is 4.17. The fourth-order valence-corrected chi connectivity index (χ4v) is 3.27. The van der Waals surface area contributed by atoms with E-state index < -0.39 is 0 Å².